The fourth-order valence-electron chi connectivity index (χ4n) is 3.68. The summed E-state index contributed by atoms with van der Waals surface area (Å²) in [7, 11) is 0. The lowest BCUT2D eigenvalue weighted by Crippen LogP contribution is -2.40. The van der Waals surface area contributed by atoms with Crippen molar-refractivity contribution in [1.82, 2.24) is 15.5 Å². The zero-order chi connectivity index (χ0) is 13.6. The Kier molecular flexibility index (Phi) is 2.87. The van der Waals surface area contributed by atoms with E-state index < -0.39 is 5.54 Å². The van der Waals surface area contributed by atoms with Crippen molar-refractivity contribution in [2.45, 2.75) is 57.9 Å². The maximum absolute atomic E-state index is 11.2. The molecule has 2 aliphatic carbocycles. The van der Waals surface area contributed by atoms with Crippen molar-refractivity contribution in [1.29, 1.82) is 0 Å². The molecule has 5 heteroatoms. The van der Waals surface area contributed by atoms with Gasteiger partial charge in [-0.05, 0) is 44.9 Å². The van der Waals surface area contributed by atoms with Crippen LogP contribution in [0.2, 0.25) is 0 Å². The van der Waals surface area contributed by atoms with Crippen LogP contribution in [0.15, 0.2) is 4.52 Å². The highest BCUT2D eigenvalue weighted by Crippen LogP contribution is 2.52. The van der Waals surface area contributed by atoms with Gasteiger partial charge < -0.3 is 9.84 Å². The lowest BCUT2D eigenvalue weighted by Gasteiger charge is -2.21. The minimum absolute atomic E-state index is 0.0868. The normalized spacial score (nSPS) is 29.7. The molecule has 3 rings (SSSR count). The predicted octanol–water partition coefficient (Wildman–Crippen LogP) is 2.34. The van der Waals surface area contributed by atoms with E-state index >= 15 is 0 Å². The van der Waals surface area contributed by atoms with E-state index in [0.717, 1.165) is 17.7 Å². The predicted molar refractivity (Wildman–Crippen MR) is 69.3 cm³/mol. The summed E-state index contributed by atoms with van der Waals surface area (Å²) < 4.78 is 5.46. The van der Waals surface area contributed by atoms with Gasteiger partial charge >= 0.3 is 0 Å². The second-order valence-corrected chi connectivity index (χ2v) is 6.54. The Labute approximate surface area is 113 Å². The summed E-state index contributed by atoms with van der Waals surface area (Å²) in [6, 6.07) is 0. The second kappa shape index (κ2) is 4.32. The van der Waals surface area contributed by atoms with Crippen LogP contribution in [-0.4, -0.2) is 16.0 Å². The van der Waals surface area contributed by atoms with Crippen molar-refractivity contribution < 1.29 is 9.32 Å². The number of carbonyl (C=O) groups excluding carboxylic acids is 1. The third kappa shape index (κ3) is 2.26. The van der Waals surface area contributed by atoms with Crippen LogP contribution in [0.1, 0.15) is 64.1 Å². The molecular weight excluding hydrogens is 242 g/mol. The van der Waals surface area contributed by atoms with Crippen molar-refractivity contribution in [2.24, 2.45) is 11.8 Å². The number of aromatic nitrogens is 2. The zero-order valence-electron chi connectivity index (χ0n) is 11.8. The van der Waals surface area contributed by atoms with Gasteiger partial charge in [-0.2, -0.15) is 4.98 Å². The SMILES string of the molecule is CC(=O)NC(C)(C)c1noc([C@@H]2C[C@@H]3CC[C@@H]2C3)n1. The van der Waals surface area contributed by atoms with Gasteiger partial charge in [-0.15, -0.1) is 0 Å². The van der Waals surface area contributed by atoms with Crippen LogP contribution >= 0.6 is 0 Å². The summed E-state index contributed by atoms with van der Waals surface area (Å²) in [6.07, 6.45) is 5.16. The molecule has 104 valence electrons. The van der Waals surface area contributed by atoms with Gasteiger partial charge in [0.2, 0.25) is 11.8 Å². The smallest absolute Gasteiger partial charge is 0.230 e. The fourth-order valence-corrected chi connectivity index (χ4v) is 3.68. The van der Waals surface area contributed by atoms with E-state index in [-0.39, 0.29) is 5.91 Å². The molecule has 1 N–H and O–H groups in total. The number of amides is 1. The lowest BCUT2D eigenvalue weighted by atomic mass is 9.89. The molecule has 19 heavy (non-hydrogen) atoms. The van der Waals surface area contributed by atoms with Gasteiger partial charge in [-0.1, -0.05) is 11.6 Å². The van der Waals surface area contributed by atoms with E-state index in [1.54, 1.807) is 0 Å². The average Bonchev–Trinajstić information content (AvgIpc) is 3.03. The van der Waals surface area contributed by atoms with Gasteiger partial charge in [-0.3, -0.25) is 4.79 Å². The highest BCUT2D eigenvalue weighted by Gasteiger charge is 2.43. The van der Waals surface area contributed by atoms with Crippen molar-refractivity contribution >= 4 is 5.91 Å². The van der Waals surface area contributed by atoms with Crippen molar-refractivity contribution in [3.63, 3.8) is 0 Å². The summed E-state index contributed by atoms with van der Waals surface area (Å²) in [4.78, 5) is 15.7. The first kappa shape index (κ1) is 12.6. The van der Waals surface area contributed by atoms with Gasteiger partial charge in [0.1, 0.15) is 0 Å². The van der Waals surface area contributed by atoms with Gasteiger partial charge in [0.15, 0.2) is 5.82 Å². The monoisotopic (exact) mass is 263 g/mol. The molecule has 2 aliphatic rings. The first-order valence-electron chi connectivity index (χ1n) is 7.08. The highest BCUT2D eigenvalue weighted by atomic mass is 16.5. The summed E-state index contributed by atoms with van der Waals surface area (Å²) >= 11 is 0. The van der Waals surface area contributed by atoms with E-state index in [1.807, 2.05) is 13.8 Å². The number of nitrogens with one attached hydrogen (secondary N) is 1. The summed E-state index contributed by atoms with van der Waals surface area (Å²) in [5.41, 5.74) is -0.578. The van der Waals surface area contributed by atoms with E-state index in [0.29, 0.717) is 11.7 Å². The molecular formula is C14H21N3O2. The summed E-state index contributed by atoms with van der Waals surface area (Å²) in [5, 5.41) is 6.92. The van der Waals surface area contributed by atoms with E-state index in [4.69, 9.17) is 4.52 Å². The number of rotatable bonds is 3. The Balaban J connectivity index is 1.78. The molecule has 3 atom stereocenters. The Bertz CT molecular complexity index is 495. The molecule has 1 amide bonds. The maximum atomic E-state index is 11.2. The van der Waals surface area contributed by atoms with Gasteiger partial charge in [0, 0.05) is 12.8 Å². The standard InChI is InChI=1S/C14H21N3O2/c1-8(18)16-14(2,3)13-15-12(19-17-13)11-7-9-4-5-10(11)6-9/h9-11H,4-7H2,1-3H3,(H,16,18)/t9-,10-,11-/m1/s1. The van der Waals surface area contributed by atoms with Gasteiger partial charge in [-0.25, -0.2) is 0 Å². The van der Waals surface area contributed by atoms with Crippen molar-refractivity contribution in [2.75, 3.05) is 0 Å². The molecule has 2 bridgehead atoms. The molecule has 1 aromatic heterocycles. The average molecular weight is 263 g/mol. The topological polar surface area (TPSA) is 68.0 Å². The summed E-state index contributed by atoms with van der Waals surface area (Å²) in [5.74, 6) is 3.27. The van der Waals surface area contributed by atoms with E-state index in [2.05, 4.69) is 15.5 Å². The van der Waals surface area contributed by atoms with Crippen LogP contribution in [0.3, 0.4) is 0 Å². The van der Waals surface area contributed by atoms with Crippen LogP contribution in [0.25, 0.3) is 0 Å². The molecule has 5 nitrogen and oxygen atoms in total. The number of fused-ring (bicyclic) bond motifs is 2. The Morgan fingerprint density at radius 2 is 2.16 bits per heavy atom. The third-order valence-corrected chi connectivity index (χ3v) is 4.54. The molecule has 2 fully saturated rings. The third-order valence-electron chi connectivity index (χ3n) is 4.54. The maximum Gasteiger partial charge on any atom is 0.230 e. The molecule has 0 saturated heterocycles. The molecule has 0 unspecified atom stereocenters. The number of hydrogen-bond donors (Lipinski definition) is 1. The number of hydrogen-bond acceptors (Lipinski definition) is 4. The summed E-state index contributed by atoms with van der Waals surface area (Å²) in [6.45, 7) is 5.28. The van der Waals surface area contributed by atoms with Crippen LogP contribution in [0, 0.1) is 11.8 Å². The molecule has 0 radical (unpaired) electrons. The minimum atomic E-state index is -0.578. The Morgan fingerprint density at radius 1 is 1.37 bits per heavy atom. The molecule has 1 aromatic rings. The Morgan fingerprint density at radius 3 is 2.74 bits per heavy atom. The molecule has 0 aromatic carbocycles. The molecule has 1 heterocycles. The molecule has 0 aliphatic heterocycles. The van der Waals surface area contributed by atoms with Crippen LogP contribution in [0.5, 0.6) is 0 Å². The van der Waals surface area contributed by atoms with Crippen LogP contribution < -0.4 is 5.32 Å². The number of nitrogens with zero attached hydrogens (tertiary/aromatic N) is 2. The minimum Gasteiger partial charge on any atom is -0.344 e. The zero-order valence-corrected chi connectivity index (χ0v) is 11.8. The molecule has 2 saturated carbocycles. The molecule has 0 spiro atoms. The first-order chi connectivity index (χ1) is 8.95. The van der Waals surface area contributed by atoms with E-state index in [1.165, 1.54) is 32.6 Å². The largest absolute Gasteiger partial charge is 0.344 e. The van der Waals surface area contributed by atoms with Crippen molar-refractivity contribution in [3.05, 3.63) is 11.7 Å². The Hall–Kier alpha value is -1.39. The van der Waals surface area contributed by atoms with Crippen LogP contribution in [0.4, 0.5) is 0 Å². The fraction of sp³-hybridized carbons (Fsp3) is 0.786. The van der Waals surface area contributed by atoms with Gasteiger partial charge in [0.05, 0.1) is 5.54 Å². The lowest BCUT2D eigenvalue weighted by molar-refractivity contribution is -0.120. The quantitative estimate of drug-likeness (QED) is 0.909. The van der Waals surface area contributed by atoms with Crippen molar-refractivity contribution in [3.8, 4) is 0 Å². The van der Waals surface area contributed by atoms with E-state index in [9.17, 15) is 4.79 Å². The van der Waals surface area contributed by atoms with Gasteiger partial charge in [0.25, 0.3) is 0 Å². The second-order valence-electron chi connectivity index (χ2n) is 6.54. The highest BCUT2D eigenvalue weighted by molar-refractivity contribution is 5.73. The number of carbonyl (C=O) groups is 1. The first-order valence-corrected chi connectivity index (χ1v) is 7.08. The van der Waals surface area contributed by atoms with Crippen LogP contribution in [-0.2, 0) is 10.3 Å².